The van der Waals surface area contributed by atoms with Crippen LogP contribution in [0.4, 0.5) is 16.2 Å². The molecule has 1 heterocycles. The van der Waals surface area contributed by atoms with Gasteiger partial charge in [-0.25, -0.2) is 9.37 Å². The fourth-order valence-corrected chi connectivity index (χ4v) is 2.91. The van der Waals surface area contributed by atoms with Gasteiger partial charge in [0.2, 0.25) is 5.95 Å². The maximum absolute atomic E-state index is 13.7. The Morgan fingerprint density at radius 3 is 2.48 bits per heavy atom. The standard InChI is InChI=1S/C22H25FN4/c1-17(2)27(16-18-8-4-3-5-9-18)21-13-15-25-22(26-21)24-14-12-19-10-6-7-11-20(19)23/h3-11,13,15,17H,12,14,16H2,1-2H3,(H,24,25,26). The summed E-state index contributed by atoms with van der Waals surface area (Å²) in [7, 11) is 0. The quantitative estimate of drug-likeness (QED) is 0.630. The zero-order valence-electron chi connectivity index (χ0n) is 15.8. The minimum atomic E-state index is -0.178. The second-order valence-electron chi connectivity index (χ2n) is 6.71. The highest BCUT2D eigenvalue weighted by atomic mass is 19.1. The normalized spacial score (nSPS) is 10.8. The Morgan fingerprint density at radius 1 is 1.00 bits per heavy atom. The van der Waals surface area contributed by atoms with Crippen molar-refractivity contribution >= 4 is 11.8 Å². The van der Waals surface area contributed by atoms with Crippen LogP contribution < -0.4 is 10.2 Å². The van der Waals surface area contributed by atoms with Gasteiger partial charge in [-0.05, 0) is 43.5 Å². The van der Waals surface area contributed by atoms with Crippen molar-refractivity contribution < 1.29 is 4.39 Å². The smallest absolute Gasteiger partial charge is 0.224 e. The van der Waals surface area contributed by atoms with E-state index >= 15 is 0 Å². The highest BCUT2D eigenvalue weighted by Crippen LogP contribution is 2.19. The third-order valence-electron chi connectivity index (χ3n) is 4.39. The summed E-state index contributed by atoms with van der Waals surface area (Å²) in [5.41, 5.74) is 1.92. The van der Waals surface area contributed by atoms with Gasteiger partial charge in [0.25, 0.3) is 0 Å². The molecule has 3 aromatic rings. The molecule has 0 amide bonds. The highest BCUT2D eigenvalue weighted by molar-refractivity contribution is 5.44. The van der Waals surface area contributed by atoms with Crippen molar-refractivity contribution in [2.24, 2.45) is 0 Å². The monoisotopic (exact) mass is 364 g/mol. The molecule has 0 fully saturated rings. The van der Waals surface area contributed by atoms with Crippen molar-refractivity contribution in [2.75, 3.05) is 16.8 Å². The summed E-state index contributed by atoms with van der Waals surface area (Å²) in [5.74, 6) is 1.25. The molecular formula is C22H25FN4. The Kier molecular flexibility index (Phi) is 6.36. The van der Waals surface area contributed by atoms with E-state index in [-0.39, 0.29) is 5.82 Å². The summed E-state index contributed by atoms with van der Waals surface area (Å²) in [6.45, 7) is 5.65. The molecule has 0 aliphatic carbocycles. The number of halogens is 1. The lowest BCUT2D eigenvalue weighted by Crippen LogP contribution is -2.31. The third-order valence-corrected chi connectivity index (χ3v) is 4.39. The van der Waals surface area contributed by atoms with Crippen molar-refractivity contribution in [3.05, 3.63) is 83.8 Å². The molecule has 0 unspecified atom stereocenters. The first-order valence-corrected chi connectivity index (χ1v) is 9.24. The summed E-state index contributed by atoms with van der Waals surface area (Å²) in [6, 6.07) is 19.4. The maximum atomic E-state index is 13.7. The molecule has 1 N–H and O–H groups in total. The topological polar surface area (TPSA) is 41.1 Å². The molecule has 5 heteroatoms. The van der Waals surface area contributed by atoms with E-state index in [1.165, 1.54) is 11.6 Å². The number of nitrogens with one attached hydrogen (secondary N) is 1. The maximum Gasteiger partial charge on any atom is 0.224 e. The number of aromatic nitrogens is 2. The van der Waals surface area contributed by atoms with Crippen molar-refractivity contribution in [3.63, 3.8) is 0 Å². The van der Waals surface area contributed by atoms with Gasteiger partial charge in [-0.1, -0.05) is 48.5 Å². The van der Waals surface area contributed by atoms with Crippen LogP contribution in [-0.4, -0.2) is 22.6 Å². The molecular weight excluding hydrogens is 339 g/mol. The molecule has 0 radical (unpaired) electrons. The van der Waals surface area contributed by atoms with E-state index in [1.54, 1.807) is 18.3 Å². The molecule has 0 saturated heterocycles. The number of hydrogen-bond donors (Lipinski definition) is 1. The van der Waals surface area contributed by atoms with Gasteiger partial charge in [0.1, 0.15) is 11.6 Å². The summed E-state index contributed by atoms with van der Waals surface area (Å²) >= 11 is 0. The molecule has 3 rings (SSSR count). The van der Waals surface area contributed by atoms with Crippen molar-refractivity contribution in [3.8, 4) is 0 Å². The molecule has 140 valence electrons. The summed E-state index contributed by atoms with van der Waals surface area (Å²) in [6.07, 6.45) is 2.34. The van der Waals surface area contributed by atoms with E-state index in [0.717, 1.165) is 12.4 Å². The number of rotatable bonds is 8. The van der Waals surface area contributed by atoms with Gasteiger partial charge in [0.15, 0.2) is 0 Å². The largest absolute Gasteiger partial charge is 0.354 e. The molecule has 27 heavy (non-hydrogen) atoms. The second kappa shape index (κ2) is 9.12. The Bertz CT molecular complexity index is 852. The lowest BCUT2D eigenvalue weighted by Gasteiger charge is -2.28. The molecule has 0 saturated carbocycles. The lowest BCUT2D eigenvalue weighted by atomic mass is 10.1. The van der Waals surface area contributed by atoms with Gasteiger partial charge < -0.3 is 10.2 Å². The van der Waals surface area contributed by atoms with Crippen molar-refractivity contribution in [1.82, 2.24) is 9.97 Å². The van der Waals surface area contributed by atoms with E-state index in [0.29, 0.717) is 30.5 Å². The highest BCUT2D eigenvalue weighted by Gasteiger charge is 2.13. The summed E-state index contributed by atoms with van der Waals surface area (Å²) < 4.78 is 13.7. The molecule has 4 nitrogen and oxygen atoms in total. The van der Waals surface area contributed by atoms with Crippen LogP contribution in [-0.2, 0) is 13.0 Å². The average molecular weight is 364 g/mol. The zero-order chi connectivity index (χ0) is 19.1. The van der Waals surface area contributed by atoms with Crippen LogP contribution in [0, 0.1) is 5.82 Å². The Morgan fingerprint density at radius 2 is 1.74 bits per heavy atom. The van der Waals surface area contributed by atoms with Gasteiger partial charge in [0.05, 0.1) is 0 Å². The molecule has 0 bridgehead atoms. The minimum absolute atomic E-state index is 0.178. The van der Waals surface area contributed by atoms with E-state index < -0.39 is 0 Å². The van der Waals surface area contributed by atoms with E-state index in [4.69, 9.17) is 0 Å². The van der Waals surface area contributed by atoms with E-state index in [9.17, 15) is 4.39 Å². The minimum Gasteiger partial charge on any atom is -0.354 e. The predicted octanol–water partition coefficient (Wildman–Crippen LogP) is 4.69. The first-order valence-electron chi connectivity index (χ1n) is 9.24. The summed E-state index contributed by atoms with van der Waals surface area (Å²) in [4.78, 5) is 11.2. The van der Waals surface area contributed by atoms with Crippen LogP contribution in [0.2, 0.25) is 0 Å². The van der Waals surface area contributed by atoms with Crippen LogP contribution in [0.25, 0.3) is 0 Å². The van der Waals surface area contributed by atoms with E-state index in [1.807, 2.05) is 30.3 Å². The molecule has 0 aliphatic rings. The number of nitrogens with zero attached hydrogens (tertiary/aromatic N) is 3. The Balaban J connectivity index is 1.67. The summed E-state index contributed by atoms with van der Waals surface area (Å²) in [5, 5.41) is 3.20. The second-order valence-corrected chi connectivity index (χ2v) is 6.71. The van der Waals surface area contributed by atoms with Gasteiger partial charge in [-0.15, -0.1) is 0 Å². The molecule has 0 spiro atoms. The van der Waals surface area contributed by atoms with Crippen LogP contribution >= 0.6 is 0 Å². The molecule has 2 aromatic carbocycles. The predicted molar refractivity (Wildman–Crippen MR) is 108 cm³/mol. The zero-order valence-corrected chi connectivity index (χ0v) is 15.8. The first-order chi connectivity index (χ1) is 13.1. The number of anilines is 2. The molecule has 0 aliphatic heterocycles. The average Bonchev–Trinajstić information content (AvgIpc) is 2.68. The van der Waals surface area contributed by atoms with Gasteiger partial charge in [-0.3, -0.25) is 0 Å². The van der Waals surface area contributed by atoms with Crippen LogP contribution in [0.5, 0.6) is 0 Å². The van der Waals surface area contributed by atoms with Crippen LogP contribution in [0.15, 0.2) is 66.9 Å². The fourth-order valence-electron chi connectivity index (χ4n) is 2.91. The Hall–Kier alpha value is -2.95. The van der Waals surface area contributed by atoms with E-state index in [2.05, 4.69) is 46.2 Å². The fraction of sp³-hybridized carbons (Fsp3) is 0.273. The molecule has 0 atom stereocenters. The number of hydrogen-bond acceptors (Lipinski definition) is 4. The van der Waals surface area contributed by atoms with Crippen LogP contribution in [0.3, 0.4) is 0 Å². The van der Waals surface area contributed by atoms with Gasteiger partial charge in [-0.2, -0.15) is 4.98 Å². The number of benzene rings is 2. The van der Waals surface area contributed by atoms with Crippen LogP contribution in [0.1, 0.15) is 25.0 Å². The Labute approximate surface area is 160 Å². The van der Waals surface area contributed by atoms with Gasteiger partial charge >= 0.3 is 0 Å². The van der Waals surface area contributed by atoms with Gasteiger partial charge in [0, 0.05) is 25.3 Å². The third kappa shape index (κ3) is 5.26. The lowest BCUT2D eigenvalue weighted by molar-refractivity contribution is 0.610. The first kappa shape index (κ1) is 18.8. The van der Waals surface area contributed by atoms with Crippen molar-refractivity contribution in [1.29, 1.82) is 0 Å². The van der Waals surface area contributed by atoms with Crippen molar-refractivity contribution in [2.45, 2.75) is 32.9 Å². The SMILES string of the molecule is CC(C)N(Cc1ccccc1)c1ccnc(NCCc2ccccc2F)n1. The molecule has 1 aromatic heterocycles.